The van der Waals surface area contributed by atoms with Gasteiger partial charge in [0.1, 0.15) is 5.78 Å². The number of fused-ring (bicyclic) bond motifs is 1. The minimum absolute atomic E-state index is 0.0388. The minimum Gasteiger partial charge on any atom is -0.454 e. The summed E-state index contributed by atoms with van der Waals surface area (Å²) in [6, 6.07) is 5.69. The van der Waals surface area contributed by atoms with Crippen molar-refractivity contribution < 1.29 is 19.1 Å². The van der Waals surface area contributed by atoms with Gasteiger partial charge in [0.05, 0.1) is 0 Å². The van der Waals surface area contributed by atoms with E-state index in [4.69, 9.17) is 9.47 Å². The van der Waals surface area contributed by atoms with Gasteiger partial charge in [-0.2, -0.15) is 0 Å². The lowest BCUT2D eigenvalue weighted by Crippen LogP contribution is -2.17. The molecule has 102 valence electrons. The molecule has 0 saturated carbocycles. The molecule has 0 bridgehead atoms. The minimum atomic E-state index is -0.144. The Morgan fingerprint density at radius 2 is 2.00 bits per heavy atom. The predicted octanol–water partition coefficient (Wildman–Crippen LogP) is 2.44. The van der Waals surface area contributed by atoms with E-state index in [2.05, 4.69) is 0 Å². The molecule has 0 aromatic heterocycles. The monoisotopic (exact) mass is 280 g/mol. The Morgan fingerprint density at radius 1 is 1.26 bits per heavy atom. The summed E-state index contributed by atoms with van der Waals surface area (Å²) in [5.74, 6) is 1.94. The molecule has 0 unspecified atom stereocenters. The number of carbonyl (C=O) groups excluding carboxylic acids is 2. The maximum Gasteiger partial charge on any atom is 0.231 e. The van der Waals surface area contributed by atoms with E-state index < -0.39 is 0 Å². The molecule has 0 aliphatic carbocycles. The molecule has 4 nitrogen and oxygen atoms in total. The van der Waals surface area contributed by atoms with Crippen LogP contribution in [0.15, 0.2) is 18.2 Å². The van der Waals surface area contributed by atoms with E-state index in [0.29, 0.717) is 12.2 Å². The van der Waals surface area contributed by atoms with Gasteiger partial charge in [-0.1, -0.05) is 17.8 Å². The summed E-state index contributed by atoms with van der Waals surface area (Å²) >= 11 is 1.20. The molecule has 1 heterocycles. The molecule has 1 aromatic rings. The lowest BCUT2D eigenvalue weighted by molar-refractivity contribution is -0.120. The Hall–Kier alpha value is -1.49. The van der Waals surface area contributed by atoms with Crippen molar-refractivity contribution in [1.82, 2.24) is 0 Å². The third-order valence-corrected chi connectivity index (χ3v) is 3.96. The van der Waals surface area contributed by atoms with Crippen LogP contribution >= 0.6 is 11.8 Å². The van der Waals surface area contributed by atoms with Gasteiger partial charge in [0, 0.05) is 18.6 Å². The van der Waals surface area contributed by atoms with Crippen LogP contribution in [0.25, 0.3) is 0 Å². The number of benzene rings is 1. The summed E-state index contributed by atoms with van der Waals surface area (Å²) in [5.41, 5.74) is 1.02. The van der Waals surface area contributed by atoms with E-state index in [0.717, 1.165) is 17.1 Å². The SMILES string of the molecule is CC(=O)SC[C@@H](Cc1ccc2c(c1)OCO2)C(C)=O. The fourth-order valence-corrected chi connectivity index (χ4v) is 2.68. The normalized spacial score (nSPS) is 14.2. The smallest absolute Gasteiger partial charge is 0.231 e. The molecule has 0 saturated heterocycles. The second-order valence-electron chi connectivity index (χ2n) is 4.50. The Balaban J connectivity index is 2.04. The molecule has 0 amide bonds. The summed E-state index contributed by atoms with van der Waals surface area (Å²) in [4.78, 5) is 22.6. The molecule has 19 heavy (non-hydrogen) atoms. The summed E-state index contributed by atoms with van der Waals surface area (Å²) in [6.07, 6.45) is 0.617. The van der Waals surface area contributed by atoms with Crippen LogP contribution in [0.2, 0.25) is 0 Å². The lowest BCUT2D eigenvalue weighted by atomic mass is 9.97. The maximum absolute atomic E-state index is 11.6. The molecular weight excluding hydrogens is 264 g/mol. The number of Topliss-reactive ketones (excluding diaryl/α,β-unsaturated/α-hetero) is 1. The van der Waals surface area contributed by atoms with Crippen LogP contribution in [0.5, 0.6) is 11.5 Å². The summed E-state index contributed by atoms with van der Waals surface area (Å²) < 4.78 is 10.6. The zero-order valence-electron chi connectivity index (χ0n) is 11.0. The summed E-state index contributed by atoms with van der Waals surface area (Å²) in [6.45, 7) is 3.33. The third kappa shape index (κ3) is 3.73. The van der Waals surface area contributed by atoms with Gasteiger partial charge >= 0.3 is 0 Å². The topological polar surface area (TPSA) is 52.6 Å². The quantitative estimate of drug-likeness (QED) is 0.829. The van der Waals surface area contributed by atoms with Crippen LogP contribution in [0.3, 0.4) is 0 Å². The first kappa shape index (κ1) is 13.9. The van der Waals surface area contributed by atoms with E-state index in [-0.39, 0.29) is 23.6 Å². The number of ether oxygens (including phenoxy) is 2. The highest BCUT2D eigenvalue weighted by Crippen LogP contribution is 2.33. The van der Waals surface area contributed by atoms with Crippen LogP contribution in [0, 0.1) is 5.92 Å². The van der Waals surface area contributed by atoms with Gasteiger partial charge in [0.2, 0.25) is 6.79 Å². The van der Waals surface area contributed by atoms with Crippen LogP contribution < -0.4 is 9.47 Å². The average molecular weight is 280 g/mol. The first-order chi connectivity index (χ1) is 9.06. The lowest BCUT2D eigenvalue weighted by Gasteiger charge is -2.12. The van der Waals surface area contributed by atoms with E-state index in [1.54, 1.807) is 6.92 Å². The molecule has 1 aliphatic rings. The van der Waals surface area contributed by atoms with Crippen LogP contribution in [0.1, 0.15) is 19.4 Å². The molecule has 1 aliphatic heterocycles. The van der Waals surface area contributed by atoms with E-state index in [9.17, 15) is 9.59 Å². The highest BCUT2D eigenvalue weighted by molar-refractivity contribution is 8.13. The average Bonchev–Trinajstić information content (AvgIpc) is 2.81. The van der Waals surface area contributed by atoms with Gasteiger partial charge in [0.15, 0.2) is 16.6 Å². The Morgan fingerprint density at radius 3 is 2.68 bits per heavy atom. The van der Waals surface area contributed by atoms with Crippen molar-refractivity contribution in [1.29, 1.82) is 0 Å². The van der Waals surface area contributed by atoms with Crippen molar-refractivity contribution in [3.8, 4) is 11.5 Å². The number of carbonyl (C=O) groups is 2. The molecule has 5 heteroatoms. The molecule has 2 rings (SSSR count). The van der Waals surface area contributed by atoms with Crippen molar-refractivity contribution >= 4 is 22.7 Å². The fraction of sp³-hybridized carbons (Fsp3) is 0.429. The molecule has 1 aromatic carbocycles. The van der Waals surface area contributed by atoms with Crippen molar-refractivity contribution in [3.63, 3.8) is 0 Å². The second-order valence-corrected chi connectivity index (χ2v) is 5.70. The third-order valence-electron chi connectivity index (χ3n) is 2.98. The Labute approximate surface area is 116 Å². The molecule has 0 radical (unpaired) electrons. The van der Waals surface area contributed by atoms with Gasteiger partial charge in [-0.05, 0) is 31.0 Å². The number of ketones is 1. The number of hydrogen-bond acceptors (Lipinski definition) is 5. The standard InChI is InChI=1S/C14H16O4S/c1-9(15)12(7-19-10(2)16)5-11-3-4-13-14(6-11)18-8-17-13/h3-4,6,12H,5,7-8H2,1-2H3/t12-/m1/s1. The first-order valence-electron chi connectivity index (χ1n) is 6.08. The van der Waals surface area contributed by atoms with E-state index >= 15 is 0 Å². The van der Waals surface area contributed by atoms with Gasteiger partial charge in [0.25, 0.3) is 0 Å². The highest BCUT2D eigenvalue weighted by atomic mass is 32.2. The fourth-order valence-electron chi connectivity index (χ4n) is 1.89. The highest BCUT2D eigenvalue weighted by Gasteiger charge is 2.19. The Bertz CT molecular complexity index is 498. The summed E-state index contributed by atoms with van der Waals surface area (Å²) in [5, 5.41) is 0.0388. The van der Waals surface area contributed by atoms with Gasteiger partial charge in [-0.15, -0.1) is 0 Å². The number of hydrogen-bond donors (Lipinski definition) is 0. The summed E-state index contributed by atoms with van der Waals surface area (Å²) in [7, 11) is 0. The van der Waals surface area contributed by atoms with Gasteiger partial charge in [-0.25, -0.2) is 0 Å². The molecule has 0 fully saturated rings. The Kier molecular flexibility index (Phi) is 4.47. The van der Waals surface area contributed by atoms with Crippen molar-refractivity contribution in [2.75, 3.05) is 12.5 Å². The maximum atomic E-state index is 11.6. The zero-order valence-corrected chi connectivity index (χ0v) is 11.8. The second kappa shape index (κ2) is 6.10. The first-order valence-corrected chi connectivity index (χ1v) is 7.07. The van der Waals surface area contributed by atoms with Crippen molar-refractivity contribution in [3.05, 3.63) is 23.8 Å². The molecular formula is C14H16O4S. The zero-order chi connectivity index (χ0) is 13.8. The van der Waals surface area contributed by atoms with E-state index in [1.807, 2.05) is 18.2 Å². The number of thioether (sulfide) groups is 1. The van der Waals surface area contributed by atoms with Gasteiger partial charge in [-0.3, -0.25) is 9.59 Å². The molecule has 0 spiro atoms. The van der Waals surface area contributed by atoms with Crippen molar-refractivity contribution in [2.24, 2.45) is 5.92 Å². The van der Waals surface area contributed by atoms with E-state index in [1.165, 1.54) is 18.7 Å². The van der Waals surface area contributed by atoms with Crippen LogP contribution in [0.4, 0.5) is 0 Å². The van der Waals surface area contributed by atoms with Gasteiger partial charge < -0.3 is 9.47 Å². The van der Waals surface area contributed by atoms with Crippen LogP contribution in [-0.2, 0) is 16.0 Å². The molecule has 1 atom stereocenters. The largest absolute Gasteiger partial charge is 0.454 e. The number of rotatable bonds is 5. The molecule has 0 N–H and O–H groups in total. The van der Waals surface area contributed by atoms with Crippen molar-refractivity contribution in [2.45, 2.75) is 20.3 Å². The predicted molar refractivity (Wildman–Crippen MR) is 73.6 cm³/mol. The van der Waals surface area contributed by atoms with Crippen LogP contribution in [-0.4, -0.2) is 23.4 Å².